The average Bonchev–Trinajstić information content (AvgIpc) is 2.89. The van der Waals surface area contributed by atoms with Crippen molar-refractivity contribution in [3.63, 3.8) is 0 Å². The second-order valence-corrected chi connectivity index (χ2v) is 5.03. The van der Waals surface area contributed by atoms with Gasteiger partial charge in [-0.15, -0.1) is 0 Å². The Morgan fingerprint density at radius 1 is 1.42 bits per heavy atom. The third-order valence-electron chi connectivity index (χ3n) is 2.54. The lowest BCUT2D eigenvalue weighted by atomic mass is 10.1. The molecule has 2 rings (SSSR count). The van der Waals surface area contributed by atoms with E-state index >= 15 is 0 Å². The number of methoxy groups -OCH3 is 1. The molecular formula is C13H10BrClO4. The predicted molar refractivity (Wildman–Crippen MR) is 73.3 cm³/mol. The van der Waals surface area contributed by atoms with Gasteiger partial charge in [0.1, 0.15) is 11.9 Å². The number of aliphatic hydroxyl groups is 1. The van der Waals surface area contributed by atoms with Crippen LogP contribution >= 0.6 is 27.5 Å². The first-order valence-corrected chi connectivity index (χ1v) is 6.51. The van der Waals surface area contributed by atoms with Gasteiger partial charge in [-0.2, -0.15) is 0 Å². The van der Waals surface area contributed by atoms with Crippen LogP contribution in [-0.2, 0) is 4.74 Å². The van der Waals surface area contributed by atoms with Gasteiger partial charge in [0, 0.05) is 4.47 Å². The van der Waals surface area contributed by atoms with Crippen molar-refractivity contribution in [1.82, 2.24) is 0 Å². The van der Waals surface area contributed by atoms with Gasteiger partial charge in [0.15, 0.2) is 0 Å². The second-order valence-electron chi connectivity index (χ2n) is 3.77. The molecule has 0 bridgehead atoms. The summed E-state index contributed by atoms with van der Waals surface area (Å²) in [6.45, 7) is 0. The van der Waals surface area contributed by atoms with E-state index in [1.807, 2.05) is 0 Å². The van der Waals surface area contributed by atoms with Crippen molar-refractivity contribution in [3.05, 3.63) is 56.9 Å². The summed E-state index contributed by atoms with van der Waals surface area (Å²) in [5, 5.41) is 10.6. The van der Waals surface area contributed by atoms with Gasteiger partial charge in [-0.3, -0.25) is 0 Å². The minimum Gasteiger partial charge on any atom is -0.463 e. The molecule has 0 spiro atoms. The van der Waals surface area contributed by atoms with Gasteiger partial charge < -0.3 is 14.3 Å². The molecule has 0 radical (unpaired) electrons. The van der Waals surface area contributed by atoms with Gasteiger partial charge in [0.25, 0.3) is 0 Å². The highest BCUT2D eigenvalue weighted by atomic mass is 79.9. The maximum atomic E-state index is 11.3. The van der Waals surface area contributed by atoms with E-state index in [0.717, 1.165) is 4.47 Å². The van der Waals surface area contributed by atoms with Gasteiger partial charge >= 0.3 is 5.97 Å². The molecular weight excluding hydrogens is 335 g/mol. The Hall–Kier alpha value is -1.30. The number of esters is 1. The van der Waals surface area contributed by atoms with Crippen LogP contribution in [-0.4, -0.2) is 18.2 Å². The number of carbonyl (C=O) groups excluding carboxylic acids is 1. The molecule has 0 aliphatic rings. The van der Waals surface area contributed by atoms with Crippen molar-refractivity contribution < 1.29 is 19.1 Å². The van der Waals surface area contributed by atoms with Crippen molar-refractivity contribution in [3.8, 4) is 0 Å². The first-order valence-electron chi connectivity index (χ1n) is 5.34. The summed E-state index contributed by atoms with van der Waals surface area (Å²) < 4.78 is 10.5. The van der Waals surface area contributed by atoms with Crippen LogP contribution in [0, 0.1) is 0 Å². The number of aliphatic hydroxyl groups excluding tert-OH is 1. The van der Waals surface area contributed by atoms with Crippen LogP contribution in [0.1, 0.15) is 28.0 Å². The van der Waals surface area contributed by atoms with E-state index < -0.39 is 12.1 Å². The van der Waals surface area contributed by atoms with Crippen molar-refractivity contribution in [2.75, 3.05) is 7.11 Å². The van der Waals surface area contributed by atoms with E-state index in [2.05, 4.69) is 20.7 Å². The number of ether oxygens (including phenoxy) is 1. The fraction of sp³-hybridized carbons (Fsp3) is 0.154. The van der Waals surface area contributed by atoms with Gasteiger partial charge in [0.05, 0.1) is 12.1 Å². The highest BCUT2D eigenvalue weighted by molar-refractivity contribution is 9.10. The number of halogens is 2. The number of carbonyl (C=O) groups is 1. The lowest BCUT2D eigenvalue weighted by Gasteiger charge is -2.09. The van der Waals surface area contributed by atoms with Crippen molar-refractivity contribution >= 4 is 33.5 Å². The molecule has 0 saturated heterocycles. The first-order chi connectivity index (χ1) is 9.02. The Morgan fingerprint density at radius 3 is 2.79 bits per heavy atom. The second kappa shape index (κ2) is 5.77. The van der Waals surface area contributed by atoms with E-state index in [4.69, 9.17) is 16.0 Å². The molecule has 1 atom stereocenters. The molecule has 2 aromatic rings. The summed E-state index contributed by atoms with van der Waals surface area (Å²) in [4.78, 5) is 11.3. The van der Waals surface area contributed by atoms with Gasteiger partial charge in [-0.25, -0.2) is 4.79 Å². The standard InChI is InChI=1S/C13H10BrClO4/c1-18-13(17)11-5-4-10(19-11)12(16)7-2-3-8(14)9(15)6-7/h2-6,12,16H,1H3. The molecule has 0 aliphatic carbocycles. The van der Waals surface area contributed by atoms with Crippen LogP contribution < -0.4 is 0 Å². The van der Waals surface area contributed by atoms with Crippen LogP contribution in [0.3, 0.4) is 0 Å². The summed E-state index contributed by atoms with van der Waals surface area (Å²) in [5.74, 6) is -0.300. The fourth-order valence-electron chi connectivity index (χ4n) is 1.56. The van der Waals surface area contributed by atoms with E-state index in [1.165, 1.54) is 19.2 Å². The molecule has 4 nitrogen and oxygen atoms in total. The highest BCUT2D eigenvalue weighted by Gasteiger charge is 2.18. The third-order valence-corrected chi connectivity index (χ3v) is 3.77. The molecule has 6 heteroatoms. The lowest BCUT2D eigenvalue weighted by Crippen LogP contribution is -2.00. The maximum Gasteiger partial charge on any atom is 0.373 e. The van der Waals surface area contributed by atoms with E-state index in [1.54, 1.807) is 18.2 Å². The monoisotopic (exact) mass is 344 g/mol. The summed E-state index contributed by atoms with van der Waals surface area (Å²) in [6, 6.07) is 8.03. The largest absolute Gasteiger partial charge is 0.463 e. The minimum atomic E-state index is -0.996. The Morgan fingerprint density at radius 2 is 2.16 bits per heavy atom. The average molecular weight is 346 g/mol. The Labute approximate surface area is 123 Å². The Bertz CT molecular complexity index is 608. The Kier molecular flexibility index (Phi) is 4.29. The molecule has 0 amide bonds. The van der Waals surface area contributed by atoms with Crippen LogP contribution in [0.25, 0.3) is 0 Å². The molecule has 1 aromatic heterocycles. The lowest BCUT2D eigenvalue weighted by molar-refractivity contribution is 0.0558. The van der Waals surface area contributed by atoms with E-state index in [-0.39, 0.29) is 11.5 Å². The molecule has 1 heterocycles. The molecule has 1 aromatic carbocycles. The quantitative estimate of drug-likeness (QED) is 0.864. The minimum absolute atomic E-state index is 0.0414. The molecule has 1 unspecified atom stereocenters. The molecule has 100 valence electrons. The SMILES string of the molecule is COC(=O)c1ccc(C(O)c2ccc(Br)c(Cl)c2)o1. The van der Waals surface area contributed by atoms with Crippen LogP contribution in [0.4, 0.5) is 0 Å². The first kappa shape index (κ1) is 14.1. The normalized spacial score (nSPS) is 12.2. The van der Waals surface area contributed by atoms with Crippen molar-refractivity contribution in [2.24, 2.45) is 0 Å². The summed E-state index contributed by atoms with van der Waals surface area (Å²) in [7, 11) is 1.26. The number of furan rings is 1. The van der Waals surface area contributed by atoms with Crippen LogP contribution in [0.2, 0.25) is 5.02 Å². The summed E-state index contributed by atoms with van der Waals surface area (Å²) in [6.07, 6.45) is -0.996. The number of rotatable bonds is 3. The summed E-state index contributed by atoms with van der Waals surface area (Å²) >= 11 is 9.23. The van der Waals surface area contributed by atoms with Crippen LogP contribution in [0.5, 0.6) is 0 Å². The summed E-state index contributed by atoms with van der Waals surface area (Å²) in [5.41, 5.74) is 0.568. The van der Waals surface area contributed by atoms with Crippen molar-refractivity contribution in [2.45, 2.75) is 6.10 Å². The molecule has 1 N–H and O–H groups in total. The molecule has 0 fully saturated rings. The zero-order chi connectivity index (χ0) is 14.0. The molecule has 0 saturated carbocycles. The van der Waals surface area contributed by atoms with E-state index in [9.17, 15) is 9.90 Å². The number of hydrogen-bond acceptors (Lipinski definition) is 4. The number of hydrogen-bond donors (Lipinski definition) is 1. The molecule has 19 heavy (non-hydrogen) atoms. The zero-order valence-electron chi connectivity index (χ0n) is 9.89. The predicted octanol–water partition coefficient (Wildman–Crippen LogP) is 3.56. The van der Waals surface area contributed by atoms with E-state index in [0.29, 0.717) is 10.6 Å². The smallest absolute Gasteiger partial charge is 0.373 e. The zero-order valence-corrected chi connectivity index (χ0v) is 12.2. The Balaban J connectivity index is 2.28. The maximum absolute atomic E-state index is 11.3. The topological polar surface area (TPSA) is 59.7 Å². The number of benzene rings is 1. The van der Waals surface area contributed by atoms with Gasteiger partial charge in [-0.05, 0) is 45.8 Å². The van der Waals surface area contributed by atoms with Gasteiger partial charge in [0.2, 0.25) is 5.76 Å². The fourth-order valence-corrected chi connectivity index (χ4v) is 1.99. The molecule has 0 aliphatic heterocycles. The highest BCUT2D eigenvalue weighted by Crippen LogP contribution is 2.29. The van der Waals surface area contributed by atoms with Crippen molar-refractivity contribution in [1.29, 1.82) is 0 Å². The van der Waals surface area contributed by atoms with Gasteiger partial charge in [-0.1, -0.05) is 17.7 Å². The third kappa shape index (κ3) is 3.00. The van der Waals surface area contributed by atoms with Crippen LogP contribution in [0.15, 0.2) is 39.2 Å².